The monoisotopic (exact) mass is 801 g/mol. The van der Waals surface area contributed by atoms with Gasteiger partial charge in [0, 0.05) is 11.0 Å². The molecule has 1 saturated heterocycles. The van der Waals surface area contributed by atoms with Gasteiger partial charge in [-0.1, -0.05) is 120 Å². The van der Waals surface area contributed by atoms with E-state index in [0.29, 0.717) is 18.4 Å². The van der Waals surface area contributed by atoms with E-state index < -0.39 is 69.4 Å². The highest BCUT2D eigenvalue weighted by atomic mass is 31.1. The van der Waals surface area contributed by atoms with Crippen molar-refractivity contribution in [1.29, 1.82) is 0 Å². The average Bonchev–Trinajstić information content (AvgIpc) is 3.76. The molecular weight excluding hydrogens is 746 g/mol. The summed E-state index contributed by atoms with van der Waals surface area (Å²) in [4.78, 5) is 37.0. The summed E-state index contributed by atoms with van der Waals surface area (Å²) < 4.78 is 56.2. The molecule has 306 valence electrons. The van der Waals surface area contributed by atoms with Crippen molar-refractivity contribution in [3.05, 3.63) is 48.3 Å². The van der Waals surface area contributed by atoms with Gasteiger partial charge in [0.15, 0.2) is 22.6 Å². The highest BCUT2D eigenvalue weighted by Crippen LogP contribution is 2.40. The summed E-state index contributed by atoms with van der Waals surface area (Å²) in [7, 11) is -2.93. The number of halogens is 1. The minimum absolute atomic E-state index is 0.00283. The van der Waals surface area contributed by atoms with Gasteiger partial charge in [0.1, 0.15) is 25.0 Å². The van der Waals surface area contributed by atoms with Crippen LogP contribution in [-0.2, 0) is 37.4 Å². The number of imidazole rings is 1. The van der Waals surface area contributed by atoms with E-state index in [0.717, 1.165) is 64.2 Å². The third-order valence-electron chi connectivity index (χ3n) is 9.45. The quantitative estimate of drug-likeness (QED) is 0.0304. The molecule has 0 radical (unpaired) electrons. The molecule has 2 unspecified atom stereocenters. The fraction of sp³-hybridized carbons (Fsp3) is 0.615. The molecule has 4 rings (SSSR count). The van der Waals surface area contributed by atoms with Crippen molar-refractivity contribution in [3.8, 4) is 11.8 Å². The number of aromatic nitrogens is 4. The Bertz CT molecular complexity index is 1770. The first-order valence-corrected chi connectivity index (χ1v) is 20.6. The minimum atomic E-state index is -2.93. The smallest absolute Gasteiger partial charge is 0.464 e. The number of hydrogen-bond donors (Lipinski definition) is 3. The number of nitrogens with two attached hydrogens (primary N) is 2. The Hall–Kier alpha value is -4.10. The first kappa shape index (κ1) is 44.6. The Morgan fingerprint density at radius 2 is 1.64 bits per heavy atom. The summed E-state index contributed by atoms with van der Waals surface area (Å²) in [6, 6.07) is 7.63. The van der Waals surface area contributed by atoms with Gasteiger partial charge in [-0.2, -0.15) is 14.4 Å². The average molecular weight is 802 g/mol. The van der Waals surface area contributed by atoms with Crippen LogP contribution in [0.15, 0.2) is 36.7 Å². The Morgan fingerprint density at radius 3 is 2.32 bits per heavy atom. The number of aliphatic hydroxyl groups excluding tert-OH is 1. The van der Waals surface area contributed by atoms with E-state index in [4.69, 9.17) is 34.7 Å². The SMILES string of the molecule is CCCCCCCCOC(=O)CO[P+](=O)OC[C@@]1(C#CC(c2ccccc2)[C@H](N)C(=O)OCCCCCCCC)O[C@@H](n2cnc3c(N)nc(F)nc32)C[C@@H]1O. The first-order valence-electron chi connectivity index (χ1n) is 19.5. The minimum Gasteiger partial charge on any atom is -0.464 e. The molecule has 1 aliphatic rings. The lowest BCUT2D eigenvalue weighted by Crippen LogP contribution is -2.43. The highest BCUT2D eigenvalue weighted by molar-refractivity contribution is 7.33. The van der Waals surface area contributed by atoms with Gasteiger partial charge in [-0.25, -0.2) is 9.78 Å². The normalized spacial score (nSPS) is 19.3. The lowest BCUT2D eigenvalue weighted by atomic mass is 9.90. The number of nitrogens with zero attached hydrogens (tertiary/aromatic N) is 4. The standard InChI is InChI=1S/C39H55FN6O9P/c1-3-5-7-9-11-16-22-51-32(48)25-53-56(50)54-26-39(30(47)24-31(55-39)46-27-43-34-35(42)44-38(40)45-36(34)46)21-20-29(28-18-14-13-15-19-28)33(41)37(49)52-23-17-12-10-8-6-4-2/h13-15,18-19,27,29-31,33,47H,3-12,16-17,22-26,41H2,1-2H3,(H2,42,44,45)/q+1/t29?,30-,31+,33-,39+/m0/s1. The number of anilines is 1. The number of ether oxygens (including phenoxy) is 3. The molecule has 0 spiro atoms. The maximum atomic E-state index is 14.2. The van der Waals surface area contributed by atoms with Gasteiger partial charge in [0.2, 0.25) is 6.61 Å². The topological polar surface area (TPSA) is 213 Å². The number of nitrogen functional groups attached to an aromatic ring is 1. The van der Waals surface area contributed by atoms with Crippen LogP contribution in [0.2, 0.25) is 0 Å². The zero-order valence-corrected chi connectivity index (χ0v) is 33.2. The zero-order valence-electron chi connectivity index (χ0n) is 32.3. The van der Waals surface area contributed by atoms with Gasteiger partial charge in [0.25, 0.3) is 0 Å². The number of unbranched alkanes of at least 4 members (excludes halogenated alkanes) is 10. The van der Waals surface area contributed by atoms with Crippen LogP contribution in [0.3, 0.4) is 0 Å². The van der Waals surface area contributed by atoms with E-state index in [9.17, 15) is 23.7 Å². The molecule has 1 aliphatic heterocycles. The third-order valence-corrected chi connectivity index (χ3v) is 10.1. The van der Waals surface area contributed by atoms with Gasteiger partial charge in [-0.3, -0.25) is 9.36 Å². The molecule has 1 aromatic carbocycles. The van der Waals surface area contributed by atoms with E-state index in [-0.39, 0.29) is 36.6 Å². The van der Waals surface area contributed by atoms with Crippen molar-refractivity contribution < 1.29 is 46.9 Å². The molecule has 1 fully saturated rings. The molecular formula is C39H55FN6O9P+. The second-order valence-corrected chi connectivity index (χ2v) is 14.8. The molecule has 3 heterocycles. The maximum Gasteiger partial charge on any atom is 0.698 e. The number of benzene rings is 1. The number of carbonyl (C=O) groups excluding carboxylic acids is 2. The van der Waals surface area contributed by atoms with E-state index in [1.54, 1.807) is 30.3 Å². The van der Waals surface area contributed by atoms with E-state index in [1.807, 2.05) is 0 Å². The molecule has 0 aliphatic carbocycles. The Labute approximate surface area is 328 Å². The van der Waals surface area contributed by atoms with E-state index >= 15 is 0 Å². The molecule has 0 amide bonds. The van der Waals surface area contributed by atoms with Crippen LogP contribution in [0.25, 0.3) is 11.2 Å². The zero-order chi connectivity index (χ0) is 40.3. The molecule has 2 aromatic heterocycles. The van der Waals surface area contributed by atoms with Crippen molar-refractivity contribution in [1.82, 2.24) is 19.5 Å². The number of esters is 2. The molecule has 17 heteroatoms. The molecule has 6 atom stereocenters. The van der Waals surface area contributed by atoms with Crippen LogP contribution in [0.4, 0.5) is 10.2 Å². The molecule has 56 heavy (non-hydrogen) atoms. The van der Waals surface area contributed by atoms with Crippen LogP contribution in [0.1, 0.15) is 115 Å². The van der Waals surface area contributed by atoms with Crippen LogP contribution in [-0.4, -0.2) is 80.7 Å². The van der Waals surface area contributed by atoms with Crippen molar-refractivity contribution in [2.45, 2.75) is 127 Å². The number of hydrogen-bond acceptors (Lipinski definition) is 14. The van der Waals surface area contributed by atoms with Gasteiger partial charge >= 0.3 is 26.3 Å². The van der Waals surface area contributed by atoms with Crippen molar-refractivity contribution in [2.75, 3.05) is 32.2 Å². The molecule has 0 saturated carbocycles. The van der Waals surface area contributed by atoms with Crippen LogP contribution < -0.4 is 11.5 Å². The van der Waals surface area contributed by atoms with Crippen LogP contribution in [0.5, 0.6) is 0 Å². The van der Waals surface area contributed by atoms with Crippen LogP contribution >= 0.6 is 8.25 Å². The fourth-order valence-electron chi connectivity index (χ4n) is 6.25. The lowest BCUT2D eigenvalue weighted by molar-refractivity contribution is -0.147. The predicted molar refractivity (Wildman–Crippen MR) is 206 cm³/mol. The summed E-state index contributed by atoms with van der Waals surface area (Å²) in [6.45, 7) is 3.46. The molecule has 5 N–H and O–H groups in total. The Balaban J connectivity index is 1.51. The van der Waals surface area contributed by atoms with Gasteiger partial charge in [0.05, 0.1) is 25.5 Å². The third kappa shape index (κ3) is 13.2. The number of fused-ring (bicyclic) bond motifs is 1. The molecule has 15 nitrogen and oxygen atoms in total. The summed E-state index contributed by atoms with van der Waals surface area (Å²) in [5, 5.41) is 11.6. The summed E-state index contributed by atoms with van der Waals surface area (Å²) in [5.41, 5.74) is 11.2. The lowest BCUT2D eigenvalue weighted by Gasteiger charge is -2.25. The number of carbonyl (C=O) groups is 2. The Morgan fingerprint density at radius 1 is 1.00 bits per heavy atom. The summed E-state index contributed by atoms with van der Waals surface area (Å²) in [6.07, 6.45) is 9.85. The van der Waals surface area contributed by atoms with Gasteiger partial charge in [-0.15, -0.1) is 9.05 Å². The van der Waals surface area contributed by atoms with Gasteiger partial charge < -0.3 is 30.8 Å². The van der Waals surface area contributed by atoms with E-state index in [2.05, 4.69) is 40.6 Å². The molecule has 0 bridgehead atoms. The number of rotatable bonds is 24. The van der Waals surface area contributed by atoms with Crippen molar-refractivity contribution in [2.24, 2.45) is 5.73 Å². The predicted octanol–water partition coefficient (Wildman–Crippen LogP) is 6.18. The van der Waals surface area contributed by atoms with Gasteiger partial charge in [-0.05, 0) is 18.4 Å². The summed E-state index contributed by atoms with van der Waals surface area (Å²) >= 11 is 0. The van der Waals surface area contributed by atoms with Crippen molar-refractivity contribution >= 4 is 37.2 Å². The fourth-order valence-corrected chi connectivity index (χ4v) is 6.83. The number of aliphatic hydroxyl groups is 1. The van der Waals surface area contributed by atoms with Crippen LogP contribution in [0, 0.1) is 17.9 Å². The largest absolute Gasteiger partial charge is 0.698 e. The summed E-state index contributed by atoms with van der Waals surface area (Å²) in [5.74, 6) is 3.47. The van der Waals surface area contributed by atoms with E-state index in [1.165, 1.54) is 10.9 Å². The Kier molecular flexibility index (Phi) is 18.5. The first-order chi connectivity index (χ1) is 27.1. The maximum absolute atomic E-state index is 14.2. The highest BCUT2D eigenvalue weighted by Gasteiger charge is 2.51. The second-order valence-electron chi connectivity index (χ2n) is 13.8. The second kappa shape index (κ2) is 23.2. The molecule has 3 aromatic rings. The van der Waals surface area contributed by atoms with Crippen molar-refractivity contribution in [3.63, 3.8) is 0 Å².